The number of carbonyl (C=O) groups excluding carboxylic acids is 1. The highest BCUT2D eigenvalue weighted by Crippen LogP contribution is 2.36. The van der Waals surface area contributed by atoms with E-state index in [1.165, 1.54) is 25.1 Å². The zero-order valence-corrected chi connectivity index (χ0v) is 16.0. The Morgan fingerprint density at radius 3 is 2.59 bits per heavy atom. The fourth-order valence-electron chi connectivity index (χ4n) is 2.70. The third kappa shape index (κ3) is 4.71. The van der Waals surface area contributed by atoms with Gasteiger partial charge in [0, 0.05) is 23.2 Å². The molecular weight excluding hydrogens is 411 g/mol. The van der Waals surface area contributed by atoms with Crippen LogP contribution < -0.4 is 15.7 Å². The van der Waals surface area contributed by atoms with Crippen LogP contribution in [-0.2, 0) is 11.0 Å². The molecule has 0 aliphatic heterocycles. The molecule has 3 aromatic rings. The average Bonchev–Trinajstić information content (AvgIpc) is 2.61. The predicted molar refractivity (Wildman–Crippen MR) is 102 cm³/mol. The predicted octanol–water partition coefficient (Wildman–Crippen LogP) is 5.18. The minimum Gasteiger partial charge on any atom is -0.481 e. The summed E-state index contributed by atoms with van der Waals surface area (Å²) in [5.74, 6) is -0.396. The molecule has 0 saturated carbocycles. The number of alkyl halides is 3. The number of carbonyl (C=O) groups is 1. The molecule has 0 unspecified atom stereocenters. The number of hydrogen-bond donors (Lipinski definition) is 1. The highest BCUT2D eigenvalue weighted by molar-refractivity contribution is 6.31. The average molecular weight is 426 g/mol. The number of anilines is 1. The second kappa shape index (κ2) is 7.79. The van der Waals surface area contributed by atoms with Gasteiger partial charge in [-0.15, -0.1) is 0 Å². The molecule has 1 N–H and O–H groups in total. The van der Waals surface area contributed by atoms with Crippen molar-refractivity contribution >= 4 is 34.2 Å². The van der Waals surface area contributed by atoms with Gasteiger partial charge in [-0.25, -0.2) is 4.79 Å². The van der Waals surface area contributed by atoms with E-state index in [4.69, 9.17) is 20.8 Å². The molecule has 9 heteroatoms. The summed E-state index contributed by atoms with van der Waals surface area (Å²) in [6.45, 7) is 3.20. The first-order valence-electron chi connectivity index (χ1n) is 8.43. The quantitative estimate of drug-likeness (QED) is 0.585. The van der Waals surface area contributed by atoms with Gasteiger partial charge >= 0.3 is 11.8 Å². The van der Waals surface area contributed by atoms with Gasteiger partial charge in [0.15, 0.2) is 6.10 Å². The van der Waals surface area contributed by atoms with Crippen molar-refractivity contribution in [1.29, 1.82) is 0 Å². The minimum atomic E-state index is -4.65. The van der Waals surface area contributed by atoms with Crippen molar-refractivity contribution < 1.29 is 27.1 Å². The van der Waals surface area contributed by atoms with Crippen LogP contribution in [0.25, 0.3) is 11.0 Å². The fraction of sp³-hybridized carbons (Fsp3) is 0.200. The third-order valence-corrected chi connectivity index (χ3v) is 4.47. The van der Waals surface area contributed by atoms with Crippen LogP contribution in [0.3, 0.4) is 0 Å². The van der Waals surface area contributed by atoms with Gasteiger partial charge in [-0.2, -0.15) is 13.2 Å². The standard InChI is InChI=1S/C20H15ClF3NO4/c1-10-7-18(26)29-17-9-13(4-5-14(10)17)28-11(2)19(27)25-12-3-6-16(21)15(8-12)20(22,23)24/h3-9,11H,1-2H3,(H,25,27)/t11-/m1/s1. The lowest BCUT2D eigenvalue weighted by Gasteiger charge is -2.16. The van der Waals surface area contributed by atoms with Gasteiger partial charge in [-0.1, -0.05) is 11.6 Å². The van der Waals surface area contributed by atoms with Gasteiger partial charge in [0.2, 0.25) is 0 Å². The zero-order chi connectivity index (χ0) is 21.3. The molecule has 0 aliphatic carbocycles. The van der Waals surface area contributed by atoms with Crippen molar-refractivity contribution in [2.75, 3.05) is 5.32 Å². The molecule has 1 heterocycles. The summed E-state index contributed by atoms with van der Waals surface area (Å²) in [4.78, 5) is 23.8. The smallest absolute Gasteiger partial charge is 0.417 e. The molecule has 1 aromatic heterocycles. The molecule has 0 saturated heterocycles. The summed E-state index contributed by atoms with van der Waals surface area (Å²) in [6.07, 6.45) is -5.68. The maximum absolute atomic E-state index is 12.9. The Hall–Kier alpha value is -3.00. The normalized spacial score (nSPS) is 12.6. The zero-order valence-electron chi connectivity index (χ0n) is 15.3. The maximum Gasteiger partial charge on any atom is 0.417 e. The molecule has 0 bridgehead atoms. The number of amides is 1. The Morgan fingerprint density at radius 2 is 1.90 bits per heavy atom. The van der Waals surface area contributed by atoms with Crippen molar-refractivity contribution in [1.82, 2.24) is 0 Å². The monoisotopic (exact) mass is 425 g/mol. The number of hydrogen-bond acceptors (Lipinski definition) is 4. The first-order chi connectivity index (χ1) is 13.5. The number of fused-ring (bicyclic) bond motifs is 1. The summed E-state index contributed by atoms with van der Waals surface area (Å²) in [5, 5.41) is 2.61. The van der Waals surface area contributed by atoms with Gasteiger partial charge in [0.25, 0.3) is 5.91 Å². The van der Waals surface area contributed by atoms with Crippen molar-refractivity contribution in [3.8, 4) is 5.75 Å². The van der Waals surface area contributed by atoms with Crippen LogP contribution in [0.5, 0.6) is 5.75 Å². The van der Waals surface area contributed by atoms with Gasteiger partial charge in [0.1, 0.15) is 11.3 Å². The maximum atomic E-state index is 12.9. The lowest BCUT2D eigenvalue weighted by Crippen LogP contribution is -2.30. The van der Waals surface area contributed by atoms with E-state index in [1.807, 2.05) is 0 Å². The Kier molecular flexibility index (Phi) is 5.57. The van der Waals surface area contributed by atoms with Gasteiger partial charge in [0.05, 0.1) is 10.6 Å². The van der Waals surface area contributed by atoms with Crippen LogP contribution in [-0.4, -0.2) is 12.0 Å². The topological polar surface area (TPSA) is 68.5 Å². The van der Waals surface area contributed by atoms with E-state index in [2.05, 4.69) is 5.32 Å². The molecule has 0 aliphatic rings. The summed E-state index contributed by atoms with van der Waals surface area (Å²) in [7, 11) is 0. The van der Waals surface area contributed by atoms with Crippen molar-refractivity contribution in [2.45, 2.75) is 26.1 Å². The molecule has 0 spiro atoms. The van der Waals surface area contributed by atoms with Crippen LogP contribution in [0.2, 0.25) is 5.02 Å². The molecular formula is C20H15ClF3NO4. The number of halogens is 4. The molecule has 0 radical (unpaired) electrons. The molecule has 5 nitrogen and oxygen atoms in total. The van der Waals surface area contributed by atoms with Gasteiger partial charge in [-0.3, -0.25) is 4.79 Å². The van der Waals surface area contributed by atoms with Gasteiger partial charge in [-0.05, 0) is 49.7 Å². The van der Waals surface area contributed by atoms with E-state index in [-0.39, 0.29) is 11.4 Å². The van der Waals surface area contributed by atoms with Crippen LogP contribution in [0.1, 0.15) is 18.1 Å². The molecule has 152 valence electrons. The number of ether oxygens (including phenoxy) is 1. The fourth-order valence-corrected chi connectivity index (χ4v) is 2.93. The van der Waals surface area contributed by atoms with Crippen LogP contribution in [0.4, 0.5) is 18.9 Å². The Morgan fingerprint density at radius 1 is 1.17 bits per heavy atom. The van der Waals surface area contributed by atoms with E-state index in [0.29, 0.717) is 5.58 Å². The molecule has 1 atom stereocenters. The molecule has 2 aromatic carbocycles. The summed E-state index contributed by atoms with van der Waals surface area (Å²) in [6, 6.07) is 9.18. The molecule has 3 rings (SSSR count). The Bertz CT molecular complexity index is 1140. The number of nitrogens with one attached hydrogen (secondary N) is 1. The van der Waals surface area contributed by atoms with Crippen LogP contribution >= 0.6 is 11.6 Å². The number of benzene rings is 2. The van der Waals surface area contributed by atoms with Crippen molar-refractivity contribution in [3.05, 3.63) is 69.0 Å². The van der Waals surface area contributed by atoms with E-state index < -0.39 is 34.4 Å². The van der Waals surface area contributed by atoms with E-state index >= 15 is 0 Å². The second-order valence-electron chi connectivity index (χ2n) is 6.35. The summed E-state index contributed by atoms with van der Waals surface area (Å²) < 4.78 is 49.5. The minimum absolute atomic E-state index is 0.0673. The molecule has 29 heavy (non-hydrogen) atoms. The summed E-state index contributed by atoms with van der Waals surface area (Å²) in [5.41, 5.74) is -0.599. The SMILES string of the molecule is Cc1cc(=O)oc2cc(O[C@H](C)C(=O)Nc3ccc(Cl)c(C(F)(F)F)c3)ccc12. The number of rotatable bonds is 4. The lowest BCUT2D eigenvalue weighted by molar-refractivity contribution is -0.137. The van der Waals surface area contributed by atoms with Crippen molar-refractivity contribution in [2.24, 2.45) is 0 Å². The molecule has 0 fully saturated rings. The lowest BCUT2D eigenvalue weighted by atomic mass is 10.1. The summed E-state index contributed by atoms with van der Waals surface area (Å²) >= 11 is 5.57. The van der Waals surface area contributed by atoms with E-state index in [0.717, 1.165) is 23.1 Å². The highest BCUT2D eigenvalue weighted by atomic mass is 35.5. The van der Waals surface area contributed by atoms with Crippen molar-refractivity contribution in [3.63, 3.8) is 0 Å². The van der Waals surface area contributed by atoms with E-state index in [9.17, 15) is 22.8 Å². The first-order valence-corrected chi connectivity index (χ1v) is 8.81. The highest BCUT2D eigenvalue weighted by Gasteiger charge is 2.33. The van der Waals surface area contributed by atoms with E-state index in [1.54, 1.807) is 19.1 Å². The first kappa shape index (κ1) is 20.7. The van der Waals surface area contributed by atoms with Gasteiger partial charge < -0.3 is 14.5 Å². The van der Waals surface area contributed by atoms with Crippen LogP contribution in [0, 0.1) is 6.92 Å². The Labute approximate surface area is 168 Å². The Balaban J connectivity index is 1.76. The second-order valence-corrected chi connectivity index (χ2v) is 6.76. The van der Waals surface area contributed by atoms with Crippen LogP contribution in [0.15, 0.2) is 51.7 Å². The number of aryl methyl sites for hydroxylation is 1. The molecule has 1 amide bonds. The largest absolute Gasteiger partial charge is 0.481 e. The third-order valence-electron chi connectivity index (χ3n) is 4.14.